The molecule has 0 bridgehead atoms. The molecule has 0 aromatic heterocycles. The summed E-state index contributed by atoms with van der Waals surface area (Å²) >= 11 is 3.47. The Hall–Kier alpha value is -2.45. The number of hydrogen-bond donors (Lipinski definition) is 0. The summed E-state index contributed by atoms with van der Waals surface area (Å²) in [5.41, 5.74) is 3.11. The minimum atomic E-state index is -0.484. The number of halogens is 1. The average molecular weight is 422 g/mol. The van der Waals surface area contributed by atoms with Gasteiger partial charge in [0, 0.05) is 10.0 Å². The Labute approximate surface area is 167 Å². The summed E-state index contributed by atoms with van der Waals surface area (Å²) in [4.78, 5) is 19.5. The number of carbonyl (C=O) groups is 1. The van der Waals surface area contributed by atoms with Crippen LogP contribution < -0.4 is 0 Å². The molecule has 0 radical (unpaired) electrons. The van der Waals surface area contributed by atoms with Gasteiger partial charge in [-0.2, -0.15) is 5.26 Å². The molecular formula is C22H20BrN3O. The number of nitriles is 1. The van der Waals surface area contributed by atoms with Crippen molar-refractivity contribution in [2.45, 2.75) is 44.7 Å². The van der Waals surface area contributed by atoms with E-state index in [9.17, 15) is 10.1 Å². The molecule has 0 atom stereocenters. The van der Waals surface area contributed by atoms with E-state index in [1.807, 2.05) is 54.3 Å². The fourth-order valence-corrected chi connectivity index (χ4v) is 4.47. The maximum Gasteiger partial charge on any atom is 0.256 e. The summed E-state index contributed by atoms with van der Waals surface area (Å²) in [5.74, 6) is 0.977. The molecule has 1 saturated carbocycles. The highest BCUT2D eigenvalue weighted by Crippen LogP contribution is 2.39. The number of nitrogens with zero attached hydrogens (tertiary/aromatic N) is 3. The topological polar surface area (TPSA) is 56.5 Å². The highest BCUT2D eigenvalue weighted by atomic mass is 79.9. The van der Waals surface area contributed by atoms with Crippen molar-refractivity contribution in [3.8, 4) is 17.2 Å². The number of carbonyl (C=O) groups excluding carboxylic acids is 1. The molecule has 1 spiro atoms. The molecule has 2 aromatic carbocycles. The third kappa shape index (κ3) is 3.19. The van der Waals surface area contributed by atoms with Crippen molar-refractivity contribution in [3.63, 3.8) is 0 Å². The van der Waals surface area contributed by atoms with Crippen molar-refractivity contribution in [2.24, 2.45) is 4.99 Å². The zero-order chi connectivity index (χ0) is 19.0. The molecule has 1 aliphatic heterocycles. The number of hydrogen-bond acceptors (Lipinski definition) is 3. The van der Waals surface area contributed by atoms with Crippen LogP contribution in [-0.2, 0) is 11.3 Å². The summed E-state index contributed by atoms with van der Waals surface area (Å²) in [6, 6.07) is 16.0. The van der Waals surface area contributed by atoms with Gasteiger partial charge in [-0.3, -0.25) is 14.7 Å². The van der Waals surface area contributed by atoms with E-state index in [1.165, 1.54) is 0 Å². The molecule has 4 rings (SSSR count). The van der Waals surface area contributed by atoms with Crippen LogP contribution in [0.5, 0.6) is 0 Å². The van der Waals surface area contributed by atoms with Crippen molar-refractivity contribution < 1.29 is 4.79 Å². The summed E-state index contributed by atoms with van der Waals surface area (Å²) in [7, 11) is 0. The number of benzene rings is 2. The molecule has 4 nitrogen and oxygen atoms in total. The number of amidine groups is 1. The Bertz CT molecular complexity index is 966. The van der Waals surface area contributed by atoms with E-state index >= 15 is 0 Å². The van der Waals surface area contributed by atoms with Crippen LogP contribution >= 0.6 is 15.9 Å². The van der Waals surface area contributed by atoms with Gasteiger partial charge < -0.3 is 0 Å². The molecule has 1 aliphatic carbocycles. The molecule has 1 amide bonds. The Morgan fingerprint density at radius 2 is 1.89 bits per heavy atom. The number of amides is 1. The number of aliphatic imine (C=N–C) groups is 1. The van der Waals surface area contributed by atoms with Gasteiger partial charge in [0.25, 0.3) is 5.91 Å². The first-order chi connectivity index (χ1) is 13.0. The van der Waals surface area contributed by atoms with Gasteiger partial charge in [-0.15, -0.1) is 0 Å². The van der Waals surface area contributed by atoms with E-state index in [-0.39, 0.29) is 5.91 Å². The summed E-state index contributed by atoms with van der Waals surface area (Å²) < 4.78 is 0.942. The predicted octanol–water partition coefficient (Wildman–Crippen LogP) is 5.06. The van der Waals surface area contributed by atoms with Crippen LogP contribution in [0.15, 0.2) is 51.9 Å². The van der Waals surface area contributed by atoms with Gasteiger partial charge >= 0.3 is 0 Å². The molecule has 0 N–H and O–H groups in total. The predicted molar refractivity (Wildman–Crippen MR) is 109 cm³/mol. The lowest BCUT2D eigenvalue weighted by atomic mass is 9.97. The fraction of sp³-hybridized carbons (Fsp3) is 0.318. The maximum absolute atomic E-state index is 12.9. The van der Waals surface area contributed by atoms with Crippen molar-refractivity contribution in [1.29, 1.82) is 5.26 Å². The van der Waals surface area contributed by atoms with E-state index in [2.05, 4.69) is 22.0 Å². The van der Waals surface area contributed by atoms with Crippen LogP contribution in [0.3, 0.4) is 0 Å². The highest BCUT2D eigenvalue weighted by Gasteiger charge is 2.48. The average Bonchev–Trinajstić information content (AvgIpc) is 3.23. The minimum absolute atomic E-state index is 0.153. The second-order valence-corrected chi connectivity index (χ2v) is 8.20. The van der Waals surface area contributed by atoms with Crippen molar-refractivity contribution >= 4 is 27.7 Å². The molecule has 2 aliphatic rings. The van der Waals surface area contributed by atoms with E-state index in [1.54, 1.807) is 0 Å². The quantitative estimate of drug-likeness (QED) is 0.694. The van der Waals surface area contributed by atoms with Gasteiger partial charge in [-0.25, -0.2) is 0 Å². The summed E-state index contributed by atoms with van der Waals surface area (Å²) in [6.07, 6.45) is 3.91. The lowest BCUT2D eigenvalue weighted by Crippen LogP contribution is -2.40. The Morgan fingerprint density at radius 3 is 2.56 bits per heavy atom. The molecule has 136 valence electrons. The molecule has 5 heteroatoms. The molecule has 1 fully saturated rings. The van der Waals surface area contributed by atoms with Crippen LogP contribution in [0.4, 0.5) is 0 Å². The minimum Gasteiger partial charge on any atom is -0.294 e. The lowest BCUT2D eigenvalue weighted by Gasteiger charge is -2.22. The molecule has 0 saturated heterocycles. The summed E-state index contributed by atoms with van der Waals surface area (Å²) in [6.45, 7) is 2.47. The van der Waals surface area contributed by atoms with Crippen LogP contribution in [0.25, 0.3) is 11.1 Å². The normalized spacial score (nSPS) is 18.0. The van der Waals surface area contributed by atoms with E-state index in [4.69, 9.17) is 4.99 Å². The molecular weight excluding hydrogens is 402 g/mol. The third-order valence-electron chi connectivity index (χ3n) is 5.55. The maximum atomic E-state index is 12.9. The van der Waals surface area contributed by atoms with Crippen LogP contribution in [0, 0.1) is 11.3 Å². The zero-order valence-electron chi connectivity index (χ0n) is 15.2. The monoisotopic (exact) mass is 421 g/mol. The Morgan fingerprint density at radius 1 is 1.19 bits per heavy atom. The van der Waals surface area contributed by atoms with Crippen LogP contribution in [0.2, 0.25) is 0 Å². The zero-order valence-corrected chi connectivity index (χ0v) is 16.8. The van der Waals surface area contributed by atoms with Gasteiger partial charge in [0.15, 0.2) is 0 Å². The SMILES string of the molecule is CC1=NC2(CCCC2)C(=O)N1Cc1ccc(-c2cc(Br)ccc2C#N)cc1. The molecule has 2 aromatic rings. The van der Waals surface area contributed by atoms with Gasteiger partial charge in [0.2, 0.25) is 0 Å². The first-order valence-electron chi connectivity index (χ1n) is 9.20. The van der Waals surface area contributed by atoms with E-state index < -0.39 is 5.54 Å². The van der Waals surface area contributed by atoms with Crippen molar-refractivity contribution in [1.82, 2.24) is 4.90 Å². The van der Waals surface area contributed by atoms with Gasteiger partial charge in [0.1, 0.15) is 11.4 Å². The number of rotatable bonds is 3. The Balaban J connectivity index is 1.56. The van der Waals surface area contributed by atoms with Gasteiger partial charge in [-0.1, -0.05) is 53.0 Å². The van der Waals surface area contributed by atoms with Gasteiger partial charge in [0.05, 0.1) is 18.2 Å². The largest absolute Gasteiger partial charge is 0.294 e. The van der Waals surface area contributed by atoms with E-state index in [0.29, 0.717) is 12.1 Å². The second-order valence-electron chi connectivity index (χ2n) is 7.29. The highest BCUT2D eigenvalue weighted by molar-refractivity contribution is 9.10. The lowest BCUT2D eigenvalue weighted by molar-refractivity contribution is -0.131. The fourth-order valence-electron chi connectivity index (χ4n) is 4.11. The molecule has 27 heavy (non-hydrogen) atoms. The standard InChI is InChI=1S/C22H20BrN3O/c1-15-25-22(10-2-3-11-22)21(27)26(15)14-16-4-6-17(7-5-16)20-12-19(23)9-8-18(20)13-24/h4-9,12H,2-3,10-11,14H2,1H3. The first-order valence-corrected chi connectivity index (χ1v) is 9.99. The second kappa shape index (κ2) is 6.94. The first kappa shape index (κ1) is 17.9. The van der Waals surface area contributed by atoms with Crippen molar-refractivity contribution in [2.75, 3.05) is 0 Å². The third-order valence-corrected chi connectivity index (χ3v) is 6.04. The van der Waals surface area contributed by atoms with Gasteiger partial charge in [-0.05, 0) is 49.1 Å². The van der Waals surface area contributed by atoms with Crippen LogP contribution in [-0.4, -0.2) is 22.2 Å². The Kier molecular flexibility index (Phi) is 4.61. The molecule has 0 unspecified atom stereocenters. The smallest absolute Gasteiger partial charge is 0.256 e. The summed E-state index contributed by atoms with van der Waals surface area (Å²) in [5, 5.41) is 9.35. The molecule has 1 heterocycles. The van der Waals surface area contributed by atoms with E-state index in [0.717, 1.165) is 52.7 Å². The van der Waals surface area contributed by atoms with Crippen molar-refractivity contribution in [3.05, 3.63) is 58.1 Å². The van der Waals surface area contributed by atoms with Crippen LogP contribution in [0.1, 0.15) is 43.7 Å².